The molecule has 0 N–H and O–H groups in total. The second-order valence-electron chi connectivity index (χ2n) is 7.93. The smallest absolute Gasteiger partial charge is 0.139 e. The standard InChI is InChI=1S/C20H26O/c1-12-4-5-13(2)19-14(12)6-7-15-16(19)10-11-20(3)17(15)8-9-18(20)21/h4-5,15-17H,6-11H2,1-3H3/t15-,16+,17+,20+/m1/s1. The Morgan fingerprint density at radius 1 is 1.05 bits per heavy atom. The van der Waals surface area contributed by atoms with Crippen molar-refractivity contribution in [2.45, 2.75) is 65.2 Å². The lowest BCUT2D eigenvalue weighted by Crippen LogP contribution is -2.42. The Labute approximate surface area is 128 Å². The van der Waals surface area contributed by atoms with Crippen molar-refractivity contribution in [3.8, 4) is 0 Å². The van der Waals surface area contributed by atoms with Crippen LogP contribution in [0, 0.1) is 31.1 Å². The third kappa shape index (κ3) is 1.73. The van der Waals surface area contributed by atoms with Gasteiger partial charge in [0.15, 0.2) is 0 Å². The maximum atomic E-state index is 12.4. The number of fused-ring (bicyclic) bond motifs is 5. The first kappa shape index (κ1) is 13.5. The molecule has 1 aromatic carbocycles. The van der Waals surface area contributed by atoms with E-state index in [1.807, 2.05) is 0 Å². The molecule has 0 unspecified atom stereocenters. The number of ketones is 1. The molecule has 0 saturated heterocycles. The Bertz CT molecular complexity index is 615. The lowest BCUT2D eigenvalue weighted by Gasteiger charge is -2.49. The summed E-state index contributed by atoms with van der Waals surface area (Å²) in [5.74, 6) is 2.68. The minimum Gasteiger partial charge on any atom is -0.299 e. The average Bonchev–Trinajstić information content (AvgIpc) is 2.78. The van der Waals surface area contributed by atoms with E-state index in [4.69, 9.17) is 0 Å². The number of hydrogen-bond acceptors (Lipinski definition) is 1. The largest absolute Gasteiger partial charge is 0.299 e. The maximum absolute atomic E-state index is 12.4. The van der Waals surface area contributed by atoms with Crippen LogP contribution in [0.4, 0.5) is 0 Å². The molecule has 0 heterocycles. The van der Waals surface area contributed by atoms with Gasteiger partial charge >= 0.3 is 0 Å². The molecule has 1 nitrogen and oxygen atoms in total. The van der Waals surface area contributed by atoms with E-state index in [9.17, 15) is 4.79 Å². The van der Waals surface area contributed by atoms with Gasteiger partial charge in [-0.05, 0) is 86.0 Å². The van der Waals surface area contributed by atoms with E-state index in [0.29, 0.717) is 11.7 Å². The number of rotatable bonds is 0. The van der Waals surface area contributed by atoms with Crippen LogP contribution >= 0.6 is 0 Å². The maximum Gasteiger partial charge on any atom is 0.139 e. The van der Waals surface area contributed by atoms with Crippen molar-refractivity contribution in [1.29, 1.82) is 0 Å². The number of carbonyl (C=O) groups is 1. The Hall–Kier alpha value is -1.11. The molecule has 1 aromatic rings. The van der Waals surface area contributed by atoms with Gasteiger partial charge in [0.2, 0.25) is 0 Å². The highest BCUT2D eigenvalue weighted by Gasteiger charge is 2.54. The fourth-order valence-electron chi connectivity index (χ4n) is 5.87. The molecule has 0 amide bonds. The third-order valence-electron chi connectivity index (χ3n) is 7.05. The zero-order valence-corrected chi connectivity index (χ0v) is 13.5. The second kappa shape index (κ2) is 4.44. The van der Waals surface area contributed by atoms with Crippen molar-refractivity contribution < 1.29 is 4.79 Å². The molecule has 2 saturated carbocycles. The molecule has 1 heteroatoms. The monoisotopic (exact) mass is 282 g/mol. The van der Waals surface area contributed by atoms with Crippen LogP contribution in [0.1, 0.15) is 67.2 Å². The number of hydrogen-bond donors (Lipinski definition) is 0. The van der Waals surface area contributed by atoms with Crippen LogP contribution in [0.15, 0.2) is 12.1 Å². The summed E-state index contributed by atoms with van der Waals surface area (Å²) in [7, 11) is 0. The number of Topliss-reactive ketones (excluding diaryl/α,β-unsaturated/α-hetero) is 1. The van der Waals surface area contributed by atoms with Crippen molar-refractivity contribution in [3.63, 3.8) is 0 Å². The fraction of sp³-hybridized carbons (Fsp3) is 0.650. The second-order valence-corrected chi connectivity index (χ2v) is 7.93. The lowest BCUT2D eigenvalue weighted by atomic mass is 9.55. The van der Waals surface area contributed by atoms with Gasteiger partial charge in [0.1, 0.15) is 5.78 Å². The van der Waals surface area contributed by atoms with Crippen molar-refractivity contribution in [2.24, 2.45) is 17.3 Å². The molecular weight excluding hydrogens is 256 g/mol. The van der Waals surface area contributed by atoms with Crippen LogP contribution in [-0.4, -0.2) is 5.78 Å². The van der Waals surface area contributed by atoms with E-state index in [2.05, 4.69) is 32.9 Å². The zero-order chi connectivity index (χ0) is 14.8. The summed E-state index contributed by atoms with van der Waals surface area (Å²) in [5, 5.41) is 0. The average molecular weight is 282 g/mol. The number of benzene rings is 1. The molecule has 0 aliphatic heterocycles. The van der Waals surface area contributed by atoms with Gasteiger partial charge < -0.3 is 0 Å². The van der Waals surface area contributed by atoms with E-state index >= 15 is 0 Å². The molecule has 4 rings (SSSR count). The molecule has 2 fully saturated rings. The van der Waals surface area contributed by atoms with E-state index in [1.54, 1.807) is 11.1 Å². The molecule has 0 radical (unpaired) electrons. The summed E-state index contributed by atoms with van der Waals surface area (Å²) in [4.78, 5) is 12.4. The summed E-state index contributed by atoms with van der Waals surface area (Å²) >= 11 is 0. The van der Waals surface area contributed by atoms with Crippen molar-refractivity contribution in [2.75, 3.05) is 0 Å². The van der Waals surface area contributed by atoms with Crippen LogP contribution in [-0.2, 0) is 11.2 Å². The van der Waals surface area contributed by atoms with Gasteiger partial charge in [0.05, 0.1) is 0 Å². The van der Waals surface area contributed by atoms with E-state index in [-0.39, 0.29) is 5.41 Å². The van der Waals surface area contributed by atoms with Crippen LogP contribution in [0.2, 0.25) is 0 Å². The summed E-state index contributed by atoms with van der Waals surface area (Å²) in [6.45, 7) is 6.82. The molecular formula is C20H26O. The predicted octanol–water partition coefficient (Wildman–Crippen LogP) is 4.73. The quantitative estimate of drug-likeness (QED) is 0.672. The van der Waals surface area contributed by atoms with Gasteiger partial charge in [-0.3, -0.25) is 4.79 Å². The summed E-state index contributed by atoms with van der Waals surface area (Å²) in [6, 6.07) is 4.60. The van der Waals surface area contributed by atoms with Crippen LogP contribution in [0.3, 0.4) is 0 Å². The number of carbonyl (C=O) groups excluding carboxylic acids is 1. The molecule has 0 bridgehead atoms. The van der Waals surface area contributed by atoms with Crippen molar-refractivity contribution >= 4 is 5.78 Å². The summed E-state index contributed by atoms with van der Waals surface area (Å²) in [5.41, 5.74) is 6.26. The normalized spacial score (nSPS) is 37.9. The van der Waals surface area contributed by atoms with Crippen LogP contribution in [0.5, 0.6) is 0 Å². The number of aryl methyl sites for hydroxylation is 2. The van der Waals surface area contributed by atoms with Crippen LogP contribution < -0.4 is 0 Å². The van der Waals surface area contributed by atoms with Gasteiger partial charge in [-0.1, -0.05) is 19.1 Å². The minimum atomic E-state index is 0.0103. The van der Waals surface area contributed by atoms with Gasteiger partial charge in [-0.25, -0.2) is 0 Å². The van der Waals surface area contributed by atoms with E-state index in [0.717, 1.165) is 31.1 Å². The minimum absolute atomic E-state index is 0.0103. The molecule has 0 aromatic heterocycles. The van der Waals surface area contributed by atoms with E-state index < -0.39 is 0 Å². The Morgan fingerprint density at radius 3 is 2.62 bits per heavy atom. The first-order valence-electron chi connectivity index (χ1n) is 8.64. The molecule has 3 aliphatic carbocycles. The predicted molar refractivity (Wildman–Crippen MR) is 85.5 cm³/mol. The summed E-state index contributed by atoms with van der Waals surface area (Å²) < 4.78 is 0. The molecule has 3 aliphatic rings. The first-order chi connectivity index (χ1) is 10.0. The lowest BCUT2D eigenvalue weighted by molar-refractivity contribution is -0.129. The highest BCUT2D eigenvalue weighted by Crippen LogP contribution is 2.60. The summed E-state index contributed by atoms with van der Waals surface area (Å²) in [6.07, 6.45) is 6.85. The highest BCUT2D eigenvalue weighted by atomic mass is 16.1. The highest BCUT2D eigenvalue weighted by molar-refractivity contribution is 5.87. The third-order valence-corrected chi connectivity index (χ3v) is 7.05. The van der Waals surface area contributed by atoms with Gasteiger partial charge in [0, 0.05) is 11.8 Å². The van der Waals surface area contributed by atoms with E-state index in [1.165, 1.54) is 30.4 Å². The van der Waals surface area contributed by atoms with Gasteiger partial charge in [-0.15, -0.1) is 0 Å². The zero-order valence-electron chi connectivity index (χ0n) is 13.5. The van der Waals surface area contributed by atoms with Gasteiger partial charge in [-0.2, -0.15) is 0 Å². The van der Waals surface area contributed by atoms with Crippen LogP contribution in [0.25, 0.3) is 0 Å². The molecule has 4 atom stereocenters. The Morgan fingerprint density at radius 2 is 1.81 bits per heavy atom. The first-order valence-corrected chi connectivity index (χ1v) is 8.64. The SMILES string of the molecule is Cc1ccc(C)c2c1CC[C@@H]1[C@@H]2CC[C@]2(C)C(=O)CC[C@@H]12. The van der Waals surface area contributed by atoms with Crippen molar-refractivity contribution in [1.82, 2.24) is 0 Å². The fourth-order valence-corrected chi connectivity index (χ4v) is 5.87. The molecule has 21 heavy (non-hydrogen) atoms. The van der Waals surface area contributed by atoms with Gasteiger partial charge in [0.25, 0.3) is 0 Å². The topological polar surface area (TPSA) is 17.1 Å². The Kier molecular flexibility index (Phi) is 2.87. The Balaban J connectivity index is 1.79. The molecule has 112 valence electrons. The molecule has 0 spiro atoms. The van der Waals surface area contributed by atoms with Crippen molar-refractivity contribution in [3.05, 3.63) is 34.4 Å².